The molecule has 0 nitrogen and oxygen atoms in total. The molecule has 3 heteroatoms. The van der Waals surface area contributed by atoms with Crippen LogP contribution < -0.4 is 0 Å². The van der Waals surface area contributed by atoms with Gasteiger partial charge in [0.1, 0.15) is 0 Å². The molecule has 0 aliphatic heterocycles. The van der Waals surface area contributed by atoms with E-state index in [1.54, 1.807) is 13.8 Å². The van der Waals surface area contributed by atoms with Gasteiger partial charge in [0.15, 0.2) is 0 Å². The van der Waals surface area contributed by atoms with Crippen molar-refractivity contribution >= 4 is 49.2 Å². The van der Waals surface area contributed by atoms with Gasteiger partial charge < -0.3 is 25.3 Å². The largest absolute Gasteiger partial charge is 2.00 e. The molecule has 0 rings (SSSR count). The smallest absolute Gasteiger partial charge is 0.793 e. The summed E-state index contributed by atoms with van der Waals surface area (Å²) in [6.45, 7) is 14.6. The first-order valence-electron chi connectivity index (χ1n) is 14.4. The molecule has 0 aliphatic rings. The Bertz CT molecular complexity index is 189. The average molecular weight is 608 g/mol. The SMILES string of the molecule is CCCCCCCCCCCCC[S-].CCCCCCCCCCCCC[S-].[CH2]C.[CH2]C.[Sn+2]. The van der Waals surface area contributed by atoms with Crippen molar-refractivity contribution in [1.29, 1.82) is 0 Å². The summed E-state index contributed by atoms with van der Waals surface area (Å²) in [5.41, 5.74) is 0. The maximum Gasteiger partial charge on any atom is 2.00 e. The third-order valence-electron chi connectivity index (χ3n) is 5.50. The van der Waals surface area contributed by atoms with Crippen LogP contribution in [0.5, 0.6) is 0 Å². The second-order valence-corrected chi connectivity index (χ2v) is 9.30. The van der Waals surface area contributed by atoms with E-state index in [2.05, 4.69) is 27.7 Å². The average Bonchev–Trinajstić information content (AvgIpc) is 2.84. The van der Waals surface area contributed by atoms with Crippen molar-refractivity contribution in [3.63, 3.8) is 0 Å². The fourth-order valence-electron chi connectivity index (χ4n) is 3.53. The van der Waals surface area contributed by atoms with E-state index in [-0.39, 0.29) is 23.9 Å². The van der Waals surface area contributed by atoms with E-state index in [1.807, 2.05) is 0 Å². The van der Waals surface area contributed by atoms with Crippen LogP contribution in [0.1, 0.15) is 169 Å². The molecule has 0 aromatic rings. The van der Waals surface area contributed by atoms with Crippen molar-refractivity contribution < 1.29 is 0 Å². The van der Waals surface area contributed by atoms with E-state index in [4.69, 9.17) is 25.3 Å². The van der Waals surface area contributed by atoms with Crippen LogP contribution >= 0.6 is 0 Å². The van der Waals surface area contributed by atoms with E-state index in [9.17, 15) is 0 Å². The zero-order chi connectivity index (χ0) is 25.0. The molecule has 0 atom stereocenters. The maximum atomic E-state index is 4.91. The summed E-state index contributed by atoms with van der Waals surface area (Å²) in [4.78, 5) is 0. The molecule has 0 unspecified atom stereocenters. The van der Waals surface area contributed by atoms with Gasteiger partial charge >= 0.3 is 23.9 Å². The van der Waals surface area contributed by atoms with Crippen molar-refractivity contribution in [2.45, 2.75) is 169 Å². The summed E-state index contributed by atoms with van der Waals surface area (Å²) in [6.07, 6.45) is 31.0. The molecule has 0 heterocycles. The Morgan fingerprint density at radius 3 is 0.636 bits per heavy atom. The molecule has 0 spiro atoms. The van der Waals surface area contributed by atoms with E-state index in [0.29, 0.717) is 0 Å². The minimum atomic E-state index is 0. The van der Waals surface area contributed by atoms with Crippen LogP contribution in [-0.4, -0.2) is 35.4 Å². The van der Waals surface area contributed by atoms with E-state index in [1.165, 1.54) is 141 Å². The molecule has 4 radical (unpaired) electrons. The molecule has 33 heavy (non-hydrogen) atoms. The quantitative estimate of drug-likeness (QED) is 0.0682. The van der Waals surface area contributed by atoms with Crippen molar-refractivity contribution in [2.75, 3.05) is 11.5 Å². The molecule has 0 aliphatic carbocycles. The van der Waals surface area contributed by atoms with Crippen LogP contribution in [-0.2, 0) is 25.3 Å². The minimum absolute atomic E-state index is 0. The Labute approximate surface area is 242 Å². The summed E-state index contributed by atoms with van der Waals surface area (Å²) in [5.74, 6) is 1.91. The van der Waals surface area contributed by atoms with Crippen LogP contribution in [0.3, 0.4) is 0 Å². The molecular formula is C30H64S2Sn. The third-order valence-corrected chi connectivity index (χ3v) is 6.07. The first kappa shape index (κ1) is 44.5. The van der Waals surface area contributed by atoms with Crippen LogP contribution in [0.4, 0.5) is 0 Å². The predicted octanol–water partition coefficient (Wildman–Crippen LogP) is 11.0. The summed E-state index contributed by atoms with van der Waals surface area (Å²) < 4.78 is 0. The fraction of sp³-hybridized carbons (Fsp3) is 0.933. The van der Waals surface area contributed by atoms with Gasteiger partial charge in [-0.2, -0.15) is 11.5 Å². The van der Waals surface area contributed by atoms with Crippen molar-refractivity contribution in [3.05, 3.63) is 13.8 Å². The van der Waals surface area contributed by atoms with Gasteiger partial charge in [-0.3, -0.25) is 0 Å². The van der Waals surface area contributed by atoms with Crippen molar-refractivity contribution in [3.8, 4) is 0 Å². The molecule has 0 aromatic heterocycles. The third kappa shape index (κ3) is 60.2. The molecule has 200 valence electrons. The minimum Gasteiger partial charge on any atom is -0.793 e. The van der Waals surface area contributed by atoms with Gasteiger partial charge in [0.25, 0.3) is 0 Å². The van der Waals surface area contributed by atoms with Crippen LogP contribution in [0.15, 0.2) is 0 Å². The Kier molecular flexibility index (Phi) is 73.4. The van der Waals surface area contributed by atoms with Gasteiger partial charge in [-0.25, -0.2) is 0 Å². The van der Waals surface area contributed by atoms with Crippen LogP contribution in [0, 0.1) is 13.8 Å². The normalized spacial score (nSPS) is 9.45. The number of rotatable bonds is 22. The van der Waals surface area contributed by atoms with Crippen LogP contribution in [0.25, 0.3) is 0 Å². The van der Waals surface area contributed by atoms with Gasteiger partial charge in [0, 0.05) is 0 Å². The summed E-state index contributed by atoms with van der Waals surface area (Å²) >= 11 is 9.82. The monoisotopic (exact) mass is 608 g/mol. The molecule has 0 saturated carbocycles. The molecular weight excluding hydrogens is 543 g/mol. The van der Waals surface area contributed by atoms with Crippen LogP contribution in [0.2, 0.25) is 0 Å². The number of hydrogen-bond donors (Lipinski definition) is 0. The van der Waals surface area contributed by atoms with Gasteiger partial charge in [-0.1, -0.05) is 183 Å². The Balaban J connectivity index is -0.000000134. The summed E-state index contributed by atoms with van der Waals surface area (Å²) in [6, 6.07) is 0. The molecule has 0 saturated heterocycles. The molecule has 0 fully saturated rings. The Morgan fingerprint density at radius 1 is 0.333 bits per heavy atom. The second kappa shape index (κ2) is 54.4. The van der Waals surface area contributed by atoms with E-state index < -0.39 is 0 Å². The standard InChI is InChI=1S/2C13H28S.2C2H5.Sn/c2*1-2-3-4-5-6-7-8-9-10-11-12-13-14;2*1-2;/h2*14H,2-13H2,1H3;2*1H2,2H3;/q;;;;+2/p-2. The van der Waals surface area contributed by atoms with Gasteiger partial charge in [-0.05, 0) is 0 Å². The maximum absolute atomic E-state index is 4.91. The molecule has 0 aromatic carbocycles. The van der Waals surface area contributed by atoms with Gasteiger partial charge in [0.05, 0.1) is 0 Å². The van der Waals surface area contributed by atoms with Crippen molar-refractivity contribution in [1.82, 2.24) is 0 Å². The van der Waals surface area contributed by atoms with E-state index >= 15 is 0 Å². The zero-order valence-electron chi connectivity index (χ0n) is 23.7. The van der Waals surface area contributed by atoms with Crippen molar-refractivity contribution in [2.24, 2.45) is 0 Å². The second-order valence-electron chi connectivity index (χ2n) is 8.48. The fourth-order valence-corrected chi connectivity index (χ4v) is 3.94. The number of unbranched alkanes of at least 4 members (excludes halogenated alkanes) is 20. The summed E-state index contributed by atoms with van der Waals surface area (Å²) in [7, 11) is 0. The Morgan fingerprint density at radius 2 is 0.485 bits per heavy atom. The Hall–Kier alpha value is 1.50. The molecule has 0 bridgehead atoms. The first-order chi connectivity index (χ1) is 15.8. The van der Waals surface area contributed by atoms with E-state index in [0.717, 1.165) is 11.5 Å². The predicted molar refractivity (Wildman–Crippen MR) is 165 cm³/mol. The number of hydrogen-bond acceptors (Lipinski definition) is 2. The molecule has 0 amide bonds. The zero-order valence-corrected chi connectivity index (χ0v) is 28.2. The van der Waals surface area contributed by atoms with Gasteiger partial charge in [-0.15, -0.1) is 0 Å². The first-order valence-corrected chi connectivity index (χ1v) is 15.6. The van der Waals surface area contributed by atoms with Gasteiger partial charge in [0.2, 0.25) is 0 Å². The summed E-state index contributed by atoms with van der Waals surface area (Å²) in [5, 5.41) is 0. The topological polar surface area (TPSA) is 0 Å². The molecule has 0 N–H and O–H groups in total.